The van der Waals surface area contributed by atoms with Crippen LogP contribution < -0.4 is 5.32 Å². The van der Waals surface area contributed by atoms with Crippen molar-refractivity contribution < 1.29 is 0 Å². The second-order valence-corrected chi connectivity index (χ2v) is 6.48. The van der Waals surface area contributed by atoms with Crippen LogP contribution in [0.4, 0.5) is 0 Å². The van der Waals surface area contributed by atoms with Crippen molar-refractivity contribution in [1.82, 2.24) is 10.2 Å². The molecule has 0 bridgehead atoms. The first kappa shape index (κ1) is 14.8. The zero-order valence-electron chi connectivity index (χ0n) is 12.6. The second-order valence-electron chi connectivity index (χ2n) is 6.48. The van der Waals surface area contributed by atoms with Crippen molar-refractivity contribution in [3.63, 3.8) is 0 Å². The van der Waals surface area contributed by atoms with Gasteiger partial charge in [-0.15, -0.1) is 0 Å². The molecule has 0 spiro atoms. The summed E-state index contributed by atoms with van der Waals surface area (Å²) >= 11 is 0. The van der Waals surface area contributed by atoms with Crippen LogP contribution in [0, 0.1) is 17.2 Å². The van der Waals surface area contributed by atoms with Crippen LogP contribution >= 0.6 is 0 Å². The first-order chi connectivity index (χ1) is 9.22. The standard InChI is InChI=1S/C16H29N3/c1-18-16(13-17)11-6-7-14(16)10-12-19(2)15-8-4-3-5-9-15/h14-15,18H,3-12H2,1-2H3. The Bertz CT molecular complexity index is 316. The number of nitrogens with zero attached hydrogens (tertiary/aromatic N) is 2. The lowest BCUT2D eigenvalue weighted by Crippen LogP contribution is -2.46. The predicted molar refractivity (Wildman–Crippen MR) is 78.9 cm³/mol. The summed E-state index contributed by atoms with van der Waals surface area (Å²) in [6.07, 6.45) is 11.6. The van der Waals surface area contributed by atoms with E-state index in [1.54, 1.807) is 0 Å². The summed E-state index contributed by atoms with van der Waals surface area (Å²) < 4.78 is 0. The molecule has 0 saturated heterocycles. The maximum absolute atomic E-state index is 9.47. The largest absolute Gasteiger partial charge is 0.303 e. The molecule has 2 saturated carbocycles. The fourth-order valence-electron chi connectivity index (χ4n) is 4.06. The highest BCUT2D eigenvalue weighted by molar-refractivity contribution is 5.13. The molecule has 2 aliphatic rings. The summed E-state index contributed by atoms with van der Waals surface area (Å²) in [4.78, 5) is 2.55. The van der Waals surface area contributed by atoms with Crippen molar-refractivity contribution in [3.8, 4) is 6.07 Å². The number of nitriles is 1. The summed E-state index contributed by atoms with van der Waals surface area (Å²) in [7, 11) is 4.23. The number of nitrogens with one attached hydrogen (secondary N) is 1. The van der Waals surface area contributed by atoms with Gasteiger partial charge in [-0.25, -0.2) is 0 Å². The Hall–Kier alpha value is -0.590. The Balaban J connectivity index is 1.82. The molecule has 3 nitrogen and oxygen atoms in total. The Morgan fingerprint density at radius 3 is 2.58 bits per heavy atom. The lowest BCUT2D eigenvalue weighted by atomic mass is 9.85. The summed E-state index contributed by atoms with van der Waals surface area (Å²) in [6.45, 7) is 1.15. The third-order valence-electron chi connectivity index (χ3n) is 5.49. The van der Waals surface area contributed by atoms with Crippen LogP contribution in [0.15, 0.2) is 0 Å². The highest BCUT2D eigenvalue weighted by Gasteiger charge is 2.41. The van der Waals surface area contributed by atoms with E-state index in [1.165, 1.54) is 51.4 Å². The van der Waals surface area contributed by atoms with Crippen molar-refractivity contribution in [2.45, 2.75) is 69.4 Å². The molecule has 2 aliphatic carbocycles. The van der Waals surface area contributed by atoms with Crippen molar-refractivity contribution in [2.24, 2.45) is 5.92 Å². The molecule has 2 unspecified atom stereocenters. The maximum atomic E-state index is 9.47. The topological polar surface area (TPSA) is 39.1 Å². The SMILES string of the molecule is CNC1(C#N)CCCC1CCN(C)C1CCCCC1. The van der Waals surface area contributed by atoms with Gasteiger partial charge in [0.1, 0.15) is 5.54 Å². The lowest BCUT2D eigenvalue weighted by Gasteiger charge is -2.34. The van der Waals surface area contributed by atoms with Crippen LogP contribution in [0.1, 0.15) is 57.8 Å². The Kier molecular flexibility index (Phi) is 5.24. The van der Waals surface area contributed by atoms with Crippen LogP contribution in [0.5, 0.6) is 0 Å². The smallest absolute Gasteiger partial charge is 0.109 e. The van der Waals surface area contributed by atoms with Gasteiger partial charge >= 0.3 is 0 Å². The van der Waals surface area contributed by atoms with E-state index in [4.69, 9.17) is 0 Å². The third-order valence-corrected chi connectivity index (χ3v) is 5.49. The minimum absolute atomic E-state index is 0.243. The fraction of sp³-hybridized carbons (Fsp3) is 0.938. The Labute approximate surface area is 118 Å². The average molecular weight is 263 g/mol. The van der Waals surface area contributed by atoms with Crippen LogP contribution in [-0.4, -0.2) is 37.1 Å². The quantitative estimate of drug-likeness (QED) is 0.829. The van der Waals surface area contributed by atoms with E-state index >= 15 is 0 Å². The van der Waals surface area contributed by atoms with E-state index < -0.39 is 0 Å². The van der Waals surface area contributed by atoms with Gasteiger partial charge in [-0.05, 0) is 58.7 Å². The highest BCUT2D eigenvalue weighted by Crippen LogP contribution is 2.37. The van der Waals surface area contributed by atoms with Crippen LogP contribution in [0.25, 0.3) is 0 Å². The van der Waals surface area contributed by atoms with E-state index in [1.807, 2.05) is 7.05 Å². The van der Waals surface area contributed by atoms with Gasteiger partial charge in [-0.3, -0.25) is 0 Å². The molecule has 108 valence electrons. The minimum Gasteiger partial charge on any atom is -0.303 e. The molecule has 0 radical (unpaired) electrons. The first-order valence-electron chi connectivity index (χ1n) is 8.02. The number of hydrogen-bond donors (Lipinski definition) is 1. The van der Waals surface area contributed by atoms with Crippen molar-refractivity contribution in [1.29, 1.82) is 5.26 Å². The van der Waals surface area contributed by atoms with Gasteiger partial charge in [-0.1, -0.05) is 25.7 Å². The average Bonchev–Trinajstić information content (AvgIpc) is 2.89. The summed E-state index contributed by atoms with van der Waals surface area (Å²) in [6, 6.07) is 3.34. The first-order valence-corrected chi connectivity index (χ1v) is 8.02. The molecule has 19 heavy (non-hydrogen) atoms. The predicted octanol–water partition coefficient (Wildman–Crippen LogP) is 2.92. The third kappa shape index (κ3) is 3.30. The lowest BCUT2D eigenvalue weighted by molar-refractivity contribution is 0.171. The minimum atomic E-state index is -0.243. The number of rotatable bonds is 5. The Morgan fingerprint density at radius 2 is 1.95 bits per heavy atom. The van der Waals surface area contributed by atoms with Gasteiger partial charge in [0, 0.05) is 6.04 Å². The van der Waals surface area contributed by atoms with E-state index in [-0.39, 0.29) is 5.54 Å². The Morgan fingerprint density at radius 1 is 1.21 bits per heavy atom. The molecule has 2 fully saturated rings. The molecule has 3 heteroatoms. The van der Waals surface area contributed by atoms with Gasteiger partial charge in [-0.2, -0.15) is 5.26 Å². The van der Waals surface area contributed by atoms with E-state index in [9.17, 15) is 5.26 Å². The van der Waals surface area contributed by atoms with Gasteiger partial charge in [0.2, 0.25) is 0 Å². The normalized spacial score (nSPS) is 32.6. The molecule has 0 aliphatic heterocycles. The summed E-state index contributed by atoms with van der Waals surface area (Å²) in [5.74, 6) is 0.536. The zero-order chi connectivity index (χ0) is 13.7. The molecule has 0 aromatic rings. The van der Waals surface area contributed by atoms with Gasteiger partial charge in [0.25, 0.3) is 0 Å². The summed E-state index contributed by atoms with van der Waals surface area (Å²) in [5.41, 5.74) is -0.243. The fourth-order valence-corrected chi connectivity index (χ4v) is 4.06. The highest BCUT2D eigenvalue weighted by atomic mass is 15.1. The molecular formula is C16H29N3. The second kappa shape index (κ2) is 6.72. The van der Waals surface area contributed by atoms with Crippen molar-refractivity contribution in [2.75, 3.05) is 20.6 Å². The van der Waals surface area contributed by atoms with E-state index in [0.29, 0.717) is 5.92 Å². The molecule has 2 rings (SSSR count). The van der Waals surface area contributed by atoms with Gasteiger partial charge in [0.05, 0.1) is 6.07 Å². The summed E-state index contributed by atoms with van der Waals surface area (Å²) in [5, 5.41) is 12.8. The molecule has 0 amide bonds. The maximum Gasteiger partial charge on any atom is 0.109 e. The van der Waals surface area contributed by atoms with Gasteiger partial charge in [0.15, 0.2) is 0 Å². The van der Waals surface area contributed by atoms with E-state index in [0.717, 1.165) is 19.0 Å². The van der Waals surface area contributed by atoms with Gasteiger partial charge < -0.3 is 10.2 Å². The molecule has 2 atom stereocenters. The number of hydrogen-bond acceptors (Lipinski definition) is 3. The monoisotopic (exact) mass is 263 g/mol. The molecule has 0 heterocycles. The molecule has 1 N–H and O–H groups in total. The van der Waals surface area contributed by atoms with Crippen LogP contribution in [0.2, 0.25) is 0 Å². The van der Waals surface area contributed by atoms with E-state index in [2.05, 4.69) is 23.3 Å². The van der Waals surface area contributed by atoms with Crippen LogP contribution in [0.3, 0.4) is 0 Å². The molecule has 0 aromatic carbocycles. The molecule has 0 aromatic heterocycles. The van der Waals surface area contributed by atoms with Crippen LogP contribution in [-0.2, 0) is 0 Å². The van der Waals surface area contributed by atoms with Crippen molar-refractivity contribution >= 4 is 0 Å². The molecular weight excluding hydrogens is 234 g/mol. The van der Waals surface area contributed by atoms with Crippen molar-refractivity contribution in [3.05, 3.63) is 0 Å². The zero-order valence-corrected chi connectivity index (χ0v) is 12.6.